The molecule has 1 aromatic rings. The summed E-state index contributed by atoms with van der Waals surface area (Å²) in [7, 11) is 0. The Morgan fingerprint density at radius 3 is 2.62 bits per heavy atom. The van der Waals surface area contributed by atoms with Crippen LogP contribution in [0, 0.1) is 0 Å². The molecule has 1 amide bonds. The lowest BCUT2D eigenvalue weighted by Crippen LogP contribution is -2.48. The number of hydrogen-bond acceptors (Lipinski definition) is 5. The first-order valence-electron chi connectivity index (χ1n) is 7.56. The minimum Gasteiger partial charge on any atom is -0.378 e. The number of amides is 1. The van der Waals surface area contributed by atoms with Crippen LogP contribution in [0.2, 0.25) is 0 Å². The van der Waals surface area contributed by atoms with E-state index in [9.17, 15) is 4.79 Å². The quantitative estimate of drug-likeness (QED) is 0.872. The number of aromatic nitrogens is 1. The molecule has 0 atom stereocenters. The van der Waals surface area contributed by atoms with E-state index in [2.05, 4.69) is 15.2 Å². The van der Waals surface area contributed by atoms with Gasteiger partial charge in [0.2, 0.25) is 5.91 Å². The highest BCUT2D eigenvalue weighted by molar-refractivity contribution is 5.97. The Kier molecular flexibility index (Phi) is 4.07. The molecule has 0 aromatic carbocycles. The second-order valence-corrected chi connectivity index (χ2v) is 5.82. The van der Waals surface area contributed by atoms with Crippen molar-refractivity contribution >= 4 is 17.4 Å². The Hall–Kier alpha value is -1.66. The molecule has 0 unspecified atom stereocenters. The molecule has 6 nitrogen and oxygen atoms in total. The van der Waals surface area contributed by atoms with Crippen molar-refractivity contribution in [2.75, 3.05) is 36.5 Å². The smallest absolute Gasteiger partial charge is 0.245 e. The van der Waals surface area contributed by atoms with Crippen LogP contribution in [0.1, 0.15) is 25.7 Å². The molecule has 0 bridgehead atoms. The lowest BCUT2D eigenvalue weighted by atomic mass is 9.98. The molecule has 6 heteroatoms. The summed E-state index contributed by atoms with van der Waals surface area (Å²) in [4.78, 5) is 18.8. The Morgan fingerprint density at radius 2 is 2.00 bits per heavy atom. The van der Waals surface area contributed by atoms with Gasteiger partial charge in [-0.2, -0.15) is 0 Å². The van der Waals surface area contributed by atoms with Gasteiger partial charge in [-0.25, -0.2) is 4.98 Å². The number of anilines is 2. The topological polar surface area (TPSA) is 80.5 Å². The summed E-state index contributed by atoms with van der Waals surface area (Å²) in [6.07, 6.45) is 5.34. The van der Waals surface area contributed by atoms with Crippen LogP contribution < -0.4 is 16.0 Å². The van der Waals surface area contributed by atoms with E-state index in [0.29, 0.717) is 5.82 Å². The van der Waals surface area contributed by atoms with Crippen molar-refractivity contribution in [1.82, 2.24) is 4.98 Å². The van der Waals surface area contributed by atoms with Gasteiger partial charge >= 0.3 is 0 Å². The van der Waals surface area contributed by atoms with Gasteiger partial charge in [0.1, 0.15) is 5.82 Å². The van der Waals surface area contributed by atoms with Gasteiger partial charge < -0.3 is 20.7 Å². The molecular weight excluding hydrogens is 268 g/mol. The molecule has 2 aliphatic rings. The number of nitrogens with one attached hydrogen (secondary N) is 1. The summed E-state index contributed by atoms with van der Waals surface area (Å²) >= 11 is 0. The SMILES string of the molecule is NC1(C(=O)Nc2ccc(N3CCOCC3)cn2)CCCC1. The predicted molar refractivity (Wildman–Crippen MR) is 81.3 cm³/mol. The minimum absolute atomic E-state index is 0.119. The van der Waals surface area contributed by atoms with Gasteiger partial charge in [-0.05, 0) is 25.0 Å². The lowest BCUT2D eigenvalue weighted by molar-refractivity contribution is -0.121. The zero-order valence-electron chi connectivity index (χ0n) is 12.2. The fourth-order valence-electron chi connectivity index (χ4n) is 2.94. The fourth-order valence-corrected chi connectivity index (χ4v) is 2.94. The first-order chi connectivity index (χ1) is 10.2. The number of pyridine rings is 1. The summed E-state index contributed by atoms with van der Waals surface area (Å²) in [5, 5.41) is 2.84. The maximum absolute atomic E-state index is 12.2. The summed E-state index contributed by atoms with van der Waals surface area (Å²) in [5.74, 6) is 0.445. The highest BCUT2D eigenvalue weighted by atomic mass is 16.5. The highest BCUT2D eigenvalue weighted by Crippen LogP contribution is 2.28. The van der Waals surface area contributed by atoms with Crippen LogP contribution in [0.3, 0.4) is 0 Å². The number of rotatable bonds is 3. The van der Waals surface area contributed by atoms with Crippen molar-refractivity contribution in [2.45, 2.75) is 31.2 Å². The summed E-state index contributed by atoms with van der Waals surface area (Å²) < 4.78 is 5.33. The van der Waals surface area contributed by atoms with E-state index in [-0.39, 0.29) is 5.91 Å². The average Bonchev–Trinajstić information content (AvgIpc) is 2.97. The van der Waals surface area contributed by atoms with Gasteiger partial charge in [0.25, 0.3) is 0 Å². The molecule has 1 aromatic heterocycles. The Balaban J connectivity index is 1.62. The molecule has 3 N–H and O–H groups in total. The fraction of sp³-hybridized carbons (Fsp3) is 0.600. The number of nitrogens with two attached hydrogens (primary N) is 1. The standard InChI is InChI=1S/C15H22N4O2/c16-15(5-1-2-6-15)14(20)18-13-4-3-12(11-17-13)19-7-9-21-10-8-19/h3-4,11H,1-2,5-10,16H2,(H,17,18,20). The number of carbonyl (C=O) groups is 1. The summed E-state index contributed by atoms with van der Waals surface area (Å²) in [5.41, 5.74) is 6.47. The first kappa shape index (κ1) is 14.3. The normalized spacial score (nSPS) is 21.3. The zero-order valence-corrected chi connectivity index (χ0v) is 12.2. The van der Waals surface area contributed by atoms with E-state index in [1.807, 2.05) is 12.1 Å². The Morgan fingerprint density at radius 1 is 1.29 bits per heavy atom. The van der Waals surface area contributed by atoms with Crippen LogP contribution in [-0.4, -0.2) is 42.7 Å². The van der Waals surface area contributed by atoms with Gasteiger partial charge in [0.05, 0.1) is 30.6 Å². The molecule has 1 saturated carbocycles. The third-order valence-corrected chi connectivity index (χ3v) is 4.31. The molecule has 21 heavy (non-hydrogen) atoms. The van der Waals surface area contributed by atoms with Crippen molar-refractivity contribution in [2.24, 2.45) is 5.73 Å². The Labute approximate surface area is 124 Å². The van der Waals surface area contributed by atoms with Crippen LogP contribution in [0.4, 0.5) is 11.5 Å². The van der Waals surface area contributed by atoms with Gasteiger partial charge in [0.15, 0.2) is 0 Å². The second-order valence-electron chi connectivity index (χ2n) is 5.82. The molecule has 3 rings (SSSR count). The molecule has 0 spiro atoms. The predicted octanol–water partition coefficient (Wildman–Crippen LogP) is 1.13. The average molecular weight is 290 g/mol. The molecule has 1 aliphatic carbocycles. The first-order valence-corrected chi connectivity index (χ1v) is 7.56. The molecule has 0 radical (unpaired) electrons. The number of carbonyl (C=O) groups excluding carboxylic acids is 1. The highest BCUT2D eigenvalue weighted by Gasteiger charge is 2.37. The third-order valence-electron chi connectivity index (χ3n) is 4.31. The van der Waals surface area contributed by atoms with Crippen molar-refractivity contribution in [3.05, 3.63) is 18.3 Å². The summed E-state index contributed by atoms with van der Waals surface area (Å²) in [6, 6.07) is 3.81. The van der Waals surface area contributed by atoms with Gasteiger partial charge in [-0.1, -0.05) is 12.8 Å². The maximum Gasteiger partial charge on any atom is 0.245 e. The minimum atomic E-state index is -0.718. The van der Waals surface area contributed by atoms with Crippen LogP contribution in [0.25, 0.3) is 0 Å². The largest absolute Gasteiger partial charge is 0.378 e. The molecule has 2 heterocycles. The van der Waals surface area contributed by atoms with Crippen molar-refractivity contribution < 1.29 is 9.53 Å². The zero-order chi connectivity index (χ0) is 14.7. The number of nitrogens with zero attached hydrogens (tertiary/aromatic N) is 2. The molecule has 1 aliphatic heterocycles. The van der Waals surface area contributed by atoms with Crippen molar-refractivity contribution in [1.29, 1.82) is 0 Å². The summed E-state index contributed by atoms with van der Waals surface area (Å²) in [6.45, 7) is 3.24. The van der Waals surface area contributed by atoms with Gasteiger partial charge in [-0.15, -0.1) is 0 Å². The monoisotopic (exact) mass is 290 g/mol. The van der Waals surface area contributed by atoms with E-state index in [1.165, 1.54) is 0 Å². The number of ether oxygens (including phenoxy) is 1. The molecule has 1 saturated heterocycles. The third kappa shape index (κ3) is 3.16. The van der Waals surface area contributed by atoms with E-state index in [4.69, 9.17) is 10.5 Å². The van der Waals surface area contributed by atoms with Crippen molar-refractivity contribution in [3.63, 3.8) is 0 Å². The van der Waals surface area contributed by atoms with Gasteiger partial charge in [0, 0.05) is 13.1 Å². The second kappa shape index (κ2) is 5.99. The van der Waals surface area contributed by atoms with Crippen LogP contribution in [-0.2, 0) is 9.53 Å². The van der Waals surface area contributed by atoms with E-state index in [0.717, 1.165) is 57.7 Å². The number of hydrogen-bond donors (Lipinski definition) is 2. The maximum atomic E-state index is 12.2. The Bertz CT molecular complexity index is 491. The molecule has 2 fully saturated rings. The van der Waals surface area contributed by atoms with Crippen LogP contribution in [0.5, 0.6) is 0 Å². The van der Waals surface area contributed by atoms with Crippen molar-refractivity contribution in [3.8, 4) is 0 Å². The lowest BCUT2D eigenvalue weighted by Gasteiger charge is -2.28. The van der Waals surface area contributed by atoms with E-state index in [1.54, 1.807) is 6.20 Å². The van der Waals surface area contributed by atoms with E-state index >= 15 is 0 Å². The van der Waals surface area contributed by atoms with Crippen LogP contribution >= 0.6 is 0 Å². The van der Waals surface area contributed by atoms with Gasteiger partial charge in [-0.3, -0.25) is 4.79 Å². The van der Waals surface area contributed by atoms with E-state index < -0.39 is 5.54 Å². The molecule has 114 valence electrons. The van der Waals surface area contributed by atoms with Crippen LogP contribution in [0.15, 0.2) is 18.3 Å². The molecular formula is C15H22N4O2. The number of morpholine rings is 1.